The highest BCUT2D eigenvalue weighted by Crippen LogP contribution is 2.56. The van der Waals surface area contributed by atoms with E-state index < -0.39 is 5.41 Å². The summed E-state index contributed by atoms with van der Waals surface area (Å²) in [5.74, 6) is 0.847. The monoisotopic (exact) mass is 582 g/mol. The lowest BCUT2D eigenvalue weighted by atomic mass is 9.66. The van der Waals surface area contributed by atoms with Crippen LogP contribution < -0.4 is 0 Å². The van der Waals surface area contributed by atoms with Crippen molar-refractivity contribution in [3.8, 4) is 0 Å². The Kier molecular flexibility index (Phi) is 8.06. The molecule has 5 aromatic rings. The van der Waals surface area contributed by atoms with Gasteiger partial charge in [-0.3, -0.25) is 4.57 Å². The van der Waals surface area contributed by atoms with Crippen LogP contribution in [0, 0.1) is 0 Å². The first-order valence-corrected chi connectivity index (χ1v) is 15.4. The van der Waals surface area contributed by atoms with Crippen LogP contribution in [0.1, 0.15) is 43.0 Å². The number of hydrogen-bond donors (Lipinski definition) is 0. The van der Waals surface area contributed by atoms with E-state index in [4.69, 9.17) is 4.99 Å². The summed E-state index contributed by atoms with van der Waals surface area (Å²) in [6, 6.07) is 35.1. The van der Waals surface area contributed by atoms with Crippen molar-refractivity contribution in [2.45, 2.75) is 26.2 Å². The van der Waals surface area contributed by atoms with Crippen LogP contribution in [0.5, 0.6) is 0 Å². The Balaban J connectivity index is 1.74. The summed E-state index contributed by atoms with van der Waals surface area (Å²) in [6.45, 7) is 18.5. The van der Waals surface area contributed by atoms with Crippen LogP contribution in [0.3, 0.4) is 0 Å². The highest BCUT2D eigenvalue weighted by Gasteiger charge is 2.46. The molecule has 0 saturated carbocycles. The Hall–Kier alpha value is -5.47. The first-order valence-electron chi connectivity index (χ1n) is 15.4. The van der Waals surface area contributed by atoms with Gasteiger partial charge in [-0.15, -0.1) is 0 Å². The molecule has 45 heavy (non-hydrogen) atoms. The third-order valence-corrected chi connectivity index (χ3v) is 8.82. The normalized spacial score (nSPS) is 15.0. The largest absolute Gasteiger partial charge is 0.294 e. The molecule has 2 heteroatoms. The molecule has 1 aliphatic rings. The van der Waals surface area contributed by atoms with Gasteiger partial charge in [-0.1, -0.05) is 135 Å². The lowest BCUT2D eigenvalue weighted by Crippen LogP contribution is -2.29. The minimum atomic E-state index is -0.515. The molecule has 1 aliphatic carbocycles. The Labute approximate surface area is 266 Å². The molecule has 0 spiro atoms. The maximum atomic E-state index is 5.10. The molecule has 0 aliphatic heterocycles. The van der Waals surface area contributed by atoms with Crippen molar-refractivity contribution in [1.82, 2.24) is 4.57 Å². The van der Waals surface area contributed by atoms with E-state index in [0.717, 1.165) is 33.7 Å². The number of hydrogen-bond acceptors (Lipinski definition) is 1. The Bertz CT molecular complexity index is 2070. The SMILES string of the molecule is C=C/C=C\C(=C)C(C)=N/C(=C\C)n1c2ccccc2c2cc3c(cc21)C(C=C)=C(/C=C\C)C3(c1ccccc1)c1ccccc1. The summed E-state index contributed by atoms with van der Waals surface area (Å²) in [7, 11) is 0. The third kappa shape index (κ3) is 4.71. The molecule has 0 saturated heterocycles. The van der Waals surface area contributed by atoms with Gasteiger partial charge < -0.3 is 0 Å². The van der Waals surface area contributed by atoms with E-state index in [0.29, 0.717) is 0 Å². The predicted molar refractivity (Wildman–Crippen MR) is 196 cm³/mol. The molecule has 4 aromatic carbocycles. The summed E-state index contributed by atoms with van der Waals surface area (Å²) in [5, 5.41) is 2.37. The standard InChI is InChI=1S/C43H38N2/c1-7-11-21-30(5)31(6)44-42(10-4)45-40-27-19-18-26-35(40)37-28-39-36(29-41(37)45)34(9-3)38(20-8-2)43(39,32-22-14-12-15-23-32)33-24-16-13-17-25-33/h7-29H,1,3,5H2,2,4,6H3/b20-8-,21-11-,42-10+,44-31?. The first kappa shape index (κ1) is 29.6. The Morgan fingerprint density at radius 2 is 1.44 bits per heavy atom. The van der Waals surface area contributed by atoms with Crippen LogP contribution in [0.15, 0.2) is 175 Å². The average molecular weight is 583 g/mol. The van der Waals surface area contributed by atoms with E-state index in [1.807, 2.05) is 32.1 Å². The van der Waals surface area contributed by atoms with Gasteiger partial charge in [-0.25, -0.2) is 4.99 Å². The highest BCUT2D eigenvalue weighted by molar-refractivity contribution is 6.13. The zero-order chi connectivity index (χ0) is 31.6. The van der Waals surface area contributed by atoms with E-state index >= 15 is 0 Å². The summed E-state index contributed by atoms with van der Waals surface area (Å²) in [5.41, 5.74) is 10.6. The zero-order valence-corrected chi connectivity index (χ0v) is 26.3. The molecule has 1 aromatic heterocycles. The molecule has 220 valence electrons. The van der Waals surface area contributed by atoms with Crippen LogP contribution in [-0.2, 0) is 5.41 Å². The van der Waals surface area contributed by atoms with E-state index in [1.165, 1.54) is 38.6 Å². The minimum absolute atomic E-state index is 0.515. The number of rotatable bonds is 9. The van der Waals surface area contributed by atoms with Crippen molar-refractivity contribution in [1.29, 1.82) is 0 Å². The fourth-order valence-electron chi connectivity index (χ4n) is 6.85. The maximum Gasteiger partial charge on any atom is 0.133 e. The lowest BCUT2D eigenvalue weighted by molar-refractivity contribution is 0.762. The van der Waals surface area contributed by atoms with Gasteiger partial charge in [0.25, 0.3) is 0 Å². The second kappa shape index (κ2) is 12.3. The lowest BCUT2D eigenvalue weighted by Gasteiger charge is -2.35. The third-order valence-electron chi connectivity index (χ3n) is 8.82. The summed E-state index contributed by atoms with van der Waals surface area (Å²) < 4.78 is 2.28. The number of aliphatic imine (C=N–C) groups is 1. The molecular formula is C43H38N2. The topological polar surface area (TPSA) is 17.3 Å². The fourth-order valence-corrected chi connectivity index (χ4v) is 6.85. The molecule has 0 amide bonds. The fraction of sp³-hybridized carbons (Fsp3) is 0.0930. The molecule has 0 fully saturated rings. The van der Waals surface area contributed by atoms with E-state index in [2.05, 4.69) is 147 Å². The number of para-hydroxylation sites is 1. The van der Waals surface area contributed by atoms with Crippen molar-refractivity contribution >= 4 is 38.9 Å². The number of fused-ring (bicyclic) bond motifs is 4. The molecule has 0 radical (unpaired) electrons. The van der Waals surface area contributed by atoms with Crippen molar-refractivity contribution in [3.63, 3.8) is 0 Å². The second-order valence-electron chi connectivity index (χ2n) is 11.2. The molecule has 0 N–H and O–H groups in total. The van der Waals surface area contributed by atoms with Crippen molar-refractivity contribution < 1.29 is 0 Å². The van der Waals surface area contributed by atoms with Crippen molar-refractivity contribution in [2.24, 2.45) is 4.99 Å². The van der Waals surface area contributed by atoms with Crippen molar-refractivity contribution in [2.75, 3.05) is 0 Å². The number of benzene rings is 4. The predicted octanol–water partition coefficient (Wildman–Crippen LogP) is 11.2. The molecule has 0 unspecified atom stereocenters. The average Bonchev–Trinajstić information content (AvgIpc) is 3.55. The molecule has 6 rings (SSSR count). The summed E-state index contributed by atoms with van der Waals surface area (Å²) >= 11 is 0. The van der Waals surface area contributed by atoms with Crippen LogP contribution in [0.2, 0.25) is 0 Å². The van der Waals surface area contributed by atoms with Gasteiger partial charge in [-0.2, -0.15) is 0 Å². The van der Waals surface area contributed by atoms with Crippen LogP contribution in [0.4, 0.5) is 0 Å². The Morgan fingerprint density at radius 1 is 0.800 bits per heavy atom. The van der Waals surface area contributed by atoms with Gasteiger partial charge >= 0.3 is 0 Å². The van der Waals surface area contributed by atoms with Crippen LogP contribution in [0.25, 0.3) is 33.2 Å². The second-order valence-corrected chi connectivity index (χ2v) is 11.2. The maximum absolute atomic E-state index is 5.10. The van der Waals surface area contributed by atoms with E-state index in [-0.39, 0.29) is 0 Å². The molecule has 0 bridgehead atoms. The van der Waals surface area contributed by atoms with Gasteiger partial charge in [0.05, 0.1) is 16.4 Å². The summed E-state index contributed by atoms with van der Waals surface area (Å²) in [4.78, 5) is 5.10. The molecular weight excluding hydrogens is 544 g/mol. The van der Waals surface area contributed by atoms with Gasteiger partial charge in [0.2, 0.25) is 0 Å². The van der Waals surface area contributed by atoms with Crippen LogP contribution in [-0.4, -0.2) is 10.3 Å². The van der Waals surface area contributed by atoms with E-state index in [9.17, 15) is 0 Å². The number of aromatic nitrogens is 1. The van der Waals surface area contributed by atoms with Gasteiger partial charge in [0.15, 0.2) is 0 Å². The van der Waals surface area contributed by atoms with Gasteiger partial charge in [0.1, 0.15) is 5.82 Å². The smallest absolute Gasteiger partial charge is 0.133 e. The molecule has 2 nitrogen and oxygen atoms in total. The first-order chi connectivity index (χ1) is 22.0. The zero-order valence-electron chi connectivity index (χ0n) is 26.3. The number of nitrogens with zero attached hydrogens (tertiary/aromatic N) is 2. The highest BCUT2D eigenvalue weighted by atomic mass is 15.1. The van der Waals surface area contributed by atoms with Gasteiger partial charge in [-0.05, 0) is 84.0 Å². The van der Waals surface area contributed by atoms with Gasteiger partial charge in [0, 0.05) is 16.5 Å². The molecule has 1 heterocycles. The number of allylic oxidation sites excluding steroid dienone is 10. The summed E-state index contributed by atoms with van der Waals surface area (Å²) in [6.07, 6.45) is 14.1. The minimum Gasteiger partial charge on any atom is -0.294 e. The quantitative estimate of drug-likeness (QED) is 0.121. The van der Waals surface area contributed by atoms with E-state index in [1.54, 1.807) is 6.08 Å². The molecule has 0 atom stereocenters. The van der Waals surface area contributed by atoms with Crippen LogP contribution >= 0.6 is 0 Å². The Morgan fingerprint density at radius 3 is 2.04 bits per heavy atom. The van der Waals surface area contributed by atoms with Crippen molar-refractivity contribution in [3.05, 3.63) is 193 Å².